The first kappa shape index (κ1) is 16.3. The molecule has 2 aliphatic heterocycles. The normalized spacial score (nSPS) is 22.1. The highest BCUT2D eigenvalue weighted by atomic mass is 16.2. The number of carbonyl (C=O) groups is 1. The summed E-state index contributed by atoms with van der Waals surface area (Å²) in [5.41, 5.74) is 2.91. The van der Waals surface area contributed by atoms with E-state index < -0.39 is 0 Å². The summed E-state index contributed by atoms with van der Waals surface area (Å²) >= 11 is 0. The molecule has 3 heterocycles. The van der Waals surface area contributed by atoms with Crippen LogP contribution in [0.2, 0.25) is 0 Å². The smallest absolute Gasteiger partial charge is 0.253 e. The van der Waals surface area contributed by atoms with E-state index in [0.29, 0.717) is 5.92 Å². The molecule has 25 heavy (non-hydrogen) atoms. The van der Waals surface area contributed by atoms with E-state index in [9.17, 15) is 4.79 Å². The molecule has 1 aromatic carbocycles. The van der Waals surface area contributed by atoms with Crippen LogP contribution < -0.4 is 5.32 Å². The topological polar surface area (TPSA) is 61.0 Å². The van der Waals surface area contributed by atoms with Crippen molar-refractivity contribution in [3.63, 3.8) is 0 Å². The lowest BCUT2D eigenvalue weighted by Crippen LogP contribution is -2.44. The van der Waals surface area contributed by atoms with Crippen molar-refractivity contribution in [2.45, 2.75) is 25.7 Å². The summed E-state index contributed by atoms with van der Waals surface area (Å²) in [4.78, 5) is 15.0. The average molecular weight is 338 g/mol. The fraction of sp³-hybridized carbons (Fsp3) is 0.500. The van der Waals surface area contributed by atoms with Crippen LogP contribution in [0.1, 0.15) is 36.0 Å². The fourth-order valence-corrected chi connectivity index (χ4v) is 4.29. The van der Waals surface area contributed by atoms with Crippen LogP contribution in [0.25, 0.3) is 11.1 Å². The maximum atomic E-state index is 12.9. The molecular formula is C20H26N4O. The number of benzene rings is 1. The molecular weight excluding hydrogens is 312 g/mol. The number of carbonyl (C=O) groups excluding carboxylic acids is 1. The highest BCUT2D eigenvalue weighted by Crippen LogP contribution is 2.30. The summed E-state index contributed by atoms with van der Waals surface area (Å²) in [6.07, 6.45) is 8.58. The lowest BCUT2D eigenvalue weighted by Gasteiger charge is -2.38. The van der Waals surface area contributed by atoms with E-state index in [1.165, 1.54) is 19.3 Å². The Kier molecular flexibility index (Phi) is 4.83. The van der Waals surface area contributed by atoms with Gasteiger partial charge in [0.2, 0.25) is 0 Å². The highest BCUT2D eigenvalue weighted by molar-refractivity contribution is 5.94. The van der Waals surface area contributed by atoms with Crippen LogP contribution in [-0.2, 0) is 0 Å². The first-order chi connectivity index (χ1) is 12.3. The molecule has 4 rings (SSSR count). The molecule has 1 unspecified atom stereocenters. The number of amides is 1. The number of rotatable bonds is 3. The molecule has 0 bridgehead atoms. The van der Waals surface area contributed by atoms with Crippen LogP contribution in [0.3, 0.4) is 0 Å². The molecule has 2 N–H and O–H groups in total. The minimum absolute atomic E-state index is 0.178. The second kappa shape index (κ2) is 7.40. The minimum atomic E-state index is 0.178. The molecule has 132 valence electrons. The number of hydrogen-bond donors (Lipinski definition) is 2. The molecule has 2 aliphatic rings. The minimum Gasteiger partial charge on any atom is -0.338 e. The molecule has 5 nitrogen and oxygen atoms in total. The van der Waals surface area contributed by atoms with Gasteiger partial charge in [0, 0.05) is 30.4 Å². The predicted octanol–water partition coefficient (Wildman–Crippen LogP) is 2.93. The van der Waals surface area contributed by atoms with Crippen molar-refractivity contribution >= 4 is 5.91 Å². The maximum absolute atomic E-state index is 12.9. The number of likely N-dealkylation sites (tertiary alicyclic amines) is 1. The van der Waals surface area contributed by atoms with Gasteiger partial charge in [0.25, 0.3) is 5.91 Å². The zero-order valence-corrected chi connectivity index (χ0v) is 14.6. The van der Waals surface area contributed by atoms with Crippen molar-refractivity contribution in [2.24, 2.45) is 11.8 Å². The van der Waals surface area contributed by atoms with Gasteiger partial charge in [-0.1, -0.05) is 12.1 Å². The van der Waals surface area contributed by atoms with Gasteiger partial charge in [-0.3, -0.25) is 9.89 Å². The van der Waals surface area contributed by atoms with E-state index in [1.807, 2.05) is 30.5 Å². The van der Waals surface area contributed by atoms with E-state index in [0.717, 1.165) is 55.2 Å². The Morgan fingerprint density at radius 1 is 1.04 bits per heavy atom. The van der Waals surface area contributed by atoms with Crippen LogP contribution >= 0.6 is 0 Å². The Morgan fingerprint density at radius 3 is 2.56 bits per heavy atom. The van der Waals surface area contributed by atoms with Crippen molar-refractivity contribution in [1.82, 2.24) is 20.4 Å². The van der Waals surface area contributed by atoms with Gasteiger partial charge in [-0.2, -0.15) is 5.10 Å². The van der Waals surface area contributed by atoms with Crippen LogP contribution in [0, 0.1) is 11.8 Å². The van der Waals surface area contributed by atoms with Crippen molar-refractivity contribution in [1.29, 1.82) is 0 Å². The molecule has 0 spiro atoms. The summed E-state index contributed by atoms with van der Waals surface area (Å²) in [5.74, 6) is 1.63. The largest absolute Gasteiger partial charge is 0.338 e. The monoisotopic (exact) mass is 338 g/mol. The van der Waals surface area contributed by atoms with E-state index in [-0.39, 0.29) is 5.91 Å². The third kappa shape index (κ3) is 3.61. The molecule has 0 radical (unpaired) electrons. The van der Waals surface area contributed by atoms with Crippen molar-refractivity contribution in [3.05, 3.63) is 42.2 Å². The molecule has 1 amide bonds. The number of aromatic nitrogens is 2. The Bertz CT molecular complexity index is 689. The van der Waals surface area contributed by atoms with Gasteiger partial charge in [0.1, 0.15) is 0 Å². The third-order valence-corrected chi connectivity index (χ3v) is 5.76. The van der Waals surface area contributed by atoms with Gasteiger partial charge in [-0.15, -0.1) is 0 Å². The summed E-state index contributed by atoms with van der Waals surface area (Å²) in [6.45, 7) is 4.08. The van der Waals surface area contributed by atoms with E-state index in [4.69, 9.17) is 0 Å². The van der Waals surface area contributed by atoms with Crippen LogP contribution in [0.5, 0.6) is 0 Å². The summed E-state index contributed by atoms with van der Waals surface area (Å²) < 4.78 is 0. The second-order valence-electron chi connectivity index (χ2n) is 7.31. The van der Waals surface area contributed by atoms with Gasteiger partial charge in [-0.25, -0.2) is 0 Å². The predicted molar refractivity (Wildman–Crippen MR) is 98.2 cm³/mol. The summed E-state index contributed by atoms with van der Waals surface area (Å²) in [6, 6.07) is 7.90. The molecule has 2 fully saturated rings. The van der Waals surface area contributed by atoms with Gasteiger partial charge in [0.05, 0.1) is 6.20 Å². The van der Waals surface area contributed by atoms with Gasteiger partial charge in [0.15, 0.2) is 0 Å². The first-order valence-electron chi connectivity index (χ1n) is 9.40. The molecule has 5 heteroatoms. The second-order valence-corrected chi connectivity index (χ2v) is 7.31. The zero-order valence-electron chi connectivity index (χ0n) is 14.6. The maximum Gasteiger partial charge on any atom is 0.253 e. The quantitative estimate of drug-likeness (QED) is 0.904. The Balaban J connectivity index is 1.43. The van der Waals surface area contributed by atoms with E-state index in [1.54, 1.807) is 6.20 Å². The van der Waals surface area contributed by atoms with Gasteiger partial charge < -0.3 is 10.2 Å². The van der Waals surface area contributed by atoms with Crippen molar-refractivity contribution in [3.8, 4) is 11.1 Å². The van der Waals surface area contributed by atoms with E-state index in [2.05, 4.69) is 20.4 Å². The number of aromatic amines is 1. The Hall–Kier alpha value is -2.14. The Morgan fingerprint density at radius 2 is 1.84 bits per heavy atom. The number of piperidine rings is 2. The number of H-pyrrole nitrogens is 1. The van der Waals surface area contributed by atoms with Gasteiger partial charge >= 0.3 is 0 Å². The number of nitrogens with zero attached hydrogens (tertiary/aromatic N) is 2. The lowest BCUT2D eigenvalue weighted by molar-refractivity contribution is 0.0605. The molecule has 2 saturated heterocycles. The highest BCUT2D eigenvalue weighted by Gasteiger charge is 2.30. The average Bonchev–Trinajstić information content (AvgIpc) is 3.23. The SMILES string of the molecule is O=C(c1ccc(-c2cn[nH]c2)cc1)N1CCCC(C2CCNCC2)C1. The van der Waals surface area contributed by atoms with Gasteiger partial charge in [-0.05, 0) is 68.3 Å². The molecule has 2 aromatic rings. The van der Waals surface area contributed by atoms with E-state index >= 15 is 0 Å². The molecule has 1 aromatic heterocycles. The first-order valence-corrected chi connectivity index (χ1v) is 9.40. The molecule has 0 aliphatic carbocycles. The summed E-state index contributed by atoms with van der Waals surface area (Å²) in [5, 5.41) is 10.2. The number of hydrogen-bond acceptors (Lipinski definition) is 3. The Labute approximate surface area is 148 Å². The zero-order chi connectivity index (χ0) is 17.1. The number of nitrogens with one attached hydrogen (secondary N) is 2. The third-order valence-electron chi connectivity index (χ3n) is 5.76. The lowest BCUT2D eigenvalue weighted by atomic mass is 9.80. The van der Waals surface area contributed by atoms with Crippen LogP contribution in [-0.4, -0.2) is 47.2 Å². The molecule has 1 atom stereocenters. The standard InChI is InChI=1S/C20H26N4O/c25-20(17-5-3-15(4-6-17)19-12-22-23-13-19)24-11-1-2-18(14-24)16-7-9-21-10-8-16/h3-6,12-13,16,18,21H,1-2,7-11,14H2,(H,22,23). The molecule has 0 saturated carbocycles. The fourth-order valence-electron chi connectivity index (χ4n) is 4.29. The summed E-state index contributed by atoms with van der Waals surface area (Å²) in [7, 11) is 0. The van der Waals surface area contributed by atoms with Crippen LogP contribution in [0.15, 0.2) is 36.7 Å². The van der Waals surface area contributed by atoms with Crippen molar-refractivity contribution < 1.29 is 4.79 Å². The van der Waals surface area contributed by atoms with Crippen molar-refractivity contribution in [2.75, 3.05) is 26.2 Å². The van der Waals surface area contributed by atoms with Crippen LogP contribution in [0.4, 0.5) is 0 Å².